The van der Waals surface area contributed by atoms with E-state index in [9.17, 15) is 9.59 Å². The van der Waals surface area contributed by atoms with Gasteiger partial charge in [0.25, 0.3) is 0 Å². The Morgan fingerprint density at radius 1 is 0.846 bits per heavy atom. The highest BCUT2D eigenvalue weighted by atomic mass is 16.1. The average Bonchev–Trinajstić information content (AvgIpc) is 2.92. The molecule has 0 spiro atoms. The molecule has 4 rings (SSSR count). The molecule has 4 aliphatic rings. The lowest BCUT2D eigenvalue weighted by molar-refractivity contribution is -0.135. The highest BCUT2D eigenvalue weighted by Gasteiger charge is 2.60. The second-order valence-electron chi connectivity index (χ2n) is 10.6. The SMILES string of the molecule is CC(=O)N[C@H]1CC[C@@]2(C)[C@@H](CC[C@@H]3[C@@H]2CC[C@]2(C)[C@@H](C(C)=O)CC[C@@H]32)C1. The van der Waals surface area contributed by atoms with Gasteiger partial charge in [0.1, 0.15) is 5.78 Å². The van der Waals surface area contributed by atoms with E-state index in [0.717, 1.165) is 36.5 Å². The van der Waals surface area contributed by atoms with Gasteiger partial charge in [-0.1, -0.05) is 13.8 Å². The molecule has 3 nitrogen and oxygen atoms in total. The van der Waals surface area contributed by atoms with E-state index >= 15 is 0 Å². The highest BCUT2D eigenvalue weighted by molar-refractivity contribution is 5.79. The molecule has 8 atom stereocenters. The summed E-state index contributed by atoms with van der Waals surface area (Å²) in [5, 5.41) is 3.19. The first kappa shape index (κ1) is 18.5. The third kappa shape index (κ3) is 2.67. The predicted molar refractivity (Wildman–Crippen MR) is 104 cm³/mol. The molecule has 0 saturated heterocycles. The predicted octanol–water partition coefficient (Wildman–Crippen LogP) is 4.74. The van der Waals surface area contributed by atoms with Crippen LogP contribution in [0.1, 0.15) is 85.5 Å². The number of hydrogen-bond donors (Lipinski definition) is 1. The molecule has 26 heavy (non-hydrogen) atoms. The first-order valence-corrected chi connectivity index (χ1v) is 11.0. The monoisotopic (exact) mass is 359 g/mol. The first-order valence-electron chi connectivity index (χ1n) is 11.0. The van der Waals surface area contributed by atoms with Gasteiger partial charge in [-0.2, -0.15) is 0 Å². The van der Waals surface area contributed by atoms with Crippen LogP contribution in [0.3, 0.4) is 0 Å². The highest BCUT2D eigenvalue weighted by Crippen LogP contribution is 2.67. The summed E-state index contributed by atoms with van der Waals surface area (Å²) in [4.78, 5) is 23.7. The van der Waals surface area contributed by atoms with Crippen molar-refractivity contribution in [1.29, 1.82) is 0 Å². The minimum atomic E-state index is 0.127. The fourth-order valence-corrected chi connectivity index (χ4v) is 8.34. The van der Waals surface area contributed by atoms with Gasteiger partial charge in [0.05, 0.1) is 0 Å². The molecule has 4 fully saturated rings. The van der Waals surface area contributed by atoms with Crippen molar-refractivity contribution in [2.24, 2.45) is 40.4 Å². The summed E-state index contributed by atoms with van der Waals surface area (Å²) >= 11 is 0. The Bertz CT molecular complexity index is 601. The molecule has 146 valence electrons. The third-order valence-corrected chi connectivity index (χ3v) is 9.56. The van der Waals surface area contributed by atoms with E-state index in [0.29, 0.717) is 23.2 Å². The maximum Gasteiger partial charge on any atom is 0.217 e. The Morgan fingerprint density at radius 2 is 1.54 bits per heavy atom. The van der Waals surface area contributed by atoms with Crippen LogP contribution in [0.25, 0.3) is 0 Å². The van der Waals surface area contributed by atoms with Crippen molar-refractivity contribution in [3.05, 3.63) is 0 Å². The number of fused-ring (bicyclic) bond motifs is 5. The van der Waals surface area contributed by atoms with Gasteiger partial charge in [0.2, 0.25) is 5.91 Å². The van der Waals surface area contributed by atoms with E-state index in [1.807, 2.05) is 6.92 Å². The first-order chi connectivity index (χ1) is 12.3. The van der Waals surface area contributed by atoms with Crippen LogP contribution < -0.4 is 5.32 Å². The Kier molecular flexibility index (Phi) is 4.51. The molecule has 0 aliphatic heterocycles. The van der Waals surface area contributed by atoms with Crippen molar-refractivity contribution in [2.75, 3.05) is 0 Å². The van der Waals surface area contributed by atoms with Crippen molar-refractivity contribution in [3.8, 4) is 0 Å². The molecule has 0 aromatic rings. The van der Waals surface area contributed by atoms with E-state index in [2.05, 4.69) is 19.2 Å². The summed E-state index contributed by atoms with van der Waals surface area (Å²) < 4.78 is 0. The Balaban J connectivity index is 1.54. The lowest BCUT2D eigenvalue weighted by Gasteiger charge is -2.61. The fraction of sp³-hybridized carbons (Fsp3) is 0.913. The molecule has 0 unspecified atom stereocenters. The summed E-state index contributed by atoms with van der Waals surface area (Å²) in [5.74, 6) is 4.07. The van der Waals surface area contributed by atoms with Gasteiger partial charge in [-0.05, 0) is 99.2 Å². The number of ketones is 1. The van der Waals surface area contributed by atoms with Gasteiger partial charge in [-0.3, -0.25) is 9.59 Å². The number of rotatable bonds is 2. The lowest BCUT2D eigenvalue weighted by Crippen LogP contribution is -2.55. The second kappa shape index (κ2) is 6.34. The Morgan fingerprint density at radius 3 is 2.23 bits per heavy atom. The van der Waals surface area contributed by atoms with Crippen LogP contribution in [0.15, 0.2) is 0 Å². The van der Waals surface area contributed by atoms with Crippen molar-refractivity contribution >= 4 is 11.7 Å². The van der Waals surface area contributed by atoms with Gasteiger partial charge in [-0.25, -0.2) is 0 Å². The van der Waals surface area contributed by atoms with Gasteiger partial charge in [0.15, 0.2) is 0 Å². The van der Waals surface area contributed by atoms with Crippen LogP contribution in [0.4, 0.5) is 0 Å². The largest absolute Gasteiger partial charge is 0.354 e. The number of hydrogen-bond acceptors (Lipinski definition) is 2. The van der Waals surface area contributed by atoms with Crippen LogP contribution in [-0.2, 0) is 9.59 Å². The number of Topliss-reactive ketones (excluding diaryl/α,β-unsaturated/α-hetero) is 1. The lowest BCUT2D eigenvalue weighted by atomic mass is 9.44. The van der Waals surface area contributed by atoms with E-state index in [1.54, 1.807) is 6.92 Å². The molecule has 0 aromatic carbocycles. The normalized spacial score (nSPS) is 50.3. The Labute approximate surface area is 159 Å². The van der Waals surface area contributed by atoms with Crippen molar-refractivity contribution in [3.63, 3.8) is 0 Å². The minimum absolute atomic E-state index is 0.127. The molecular formula is C23H37NO2. The topological polar surface area (TPSA) is 46.2 Å². The van der Waals surface area contributed by atoms with Crippen LogP contribution in [0.5, 0.6) is 0 Å². The zero-order valence-corrected chi connectivity index (χ0v) is 17.1. The molecule has 4 saturated carbocycles. The Hall–Kier alpha value is -0.860. The van der Waals surface area contributed by atoms with Crippen molar-refractivity contribution in [1.82, 2.24) is 5.32 Å². The van der Waals surface area contributed by atoms with Gasteiger partial charge >= 0.3 is 0 Å². The fourth-order valence-electron chi connectivity index (χ4n) is 8.34. The minimum Gasteiger partial charge on any atom is -0.354 e. The van der Waals surface area contributed by atoms with Gasteiger partial charge in [-0.15, -0.1) is 0 Å². The molecule has 1 N–H and O–H groups in total. The number of carbonyl (C=O) groups excluding carboxylic acids is 2. The van der Waals surface area contributed by atoms with Crippen LogP contribution in [0, 0.1) is 40.4 Å². The number of amides is 1. The zero-order valence-electron chi connectivity index (χ0n) is 17.1. The van der Waals surface area contributed by atoms with Gasteiger partial charge < -0.3 is 5.32 Å². The molecule has 0 bridgehead atoms. The van der Waals surface area contributed by atoms with E-state index in [4.69, 9.17) is 0 Å². The van der Waals surface area contributed by atoms with E-state index in [-0.39, 0.29) is 11.3 Å². The summed E-state index contributed by atoms with van der Waals surface area (Å²) in [6.07, 6.45) is 11.2. The van der Waals surface area contributed by atoms with Crippen LogP contribution >= 0.6 is 0 Å². The zero-order chi connectivity index (χ0) is 18.7. The molecule has 0 heterocycles. The van der Waals surface area contributed by atoms with Gasteiger partial charge in [0, 0.05) is 18.9 Å². The molecule has 1 amide bonds. The second-order valence-corrected chi connectivity index (χ2v) is 10.6. The maximum atomic E-state index is 12.2. The molecular weight excluding hydrogens is 322 g/mol. The van der Waals surface area contributed by atoms with Crippen LogP contribution in [-0.4, -0.2) is 17.7 Å². The summed E-state index contributed by atoms with van der Waals surface area (Å²) in [6.45, 7) is 8.48. The van der Waals surface area contributed by atoms with Crippen molar-refractivity contribution in [2.45, 2.75) is 91.5 Å². The molecule has 0 aromatic heterocycles. The summed E-state index contributed by atoms with van der Waals surface area (Å²) in [6, 6.07) is 0.393. The molecule has 4 aliphatic carbocycles. The maximum absolute atomic E-state index is 12.2. The quantitative estimate of drug-likeness (QED) is 0.774. The van der Waals surface area contributed by atoms with Crippen LogP contribution in [0.2, 0.25) is 0 Å². The summed E-state index contributed by atoms with van der Waals surface area (Å²) in [5.41, 5.74) is 0.719. The molecule has 3 heteroatoms. The summed E-state index contributed by atoms with van der Waals surface area (Å²) in [7, 11) is 0. The average molecular weight is 360 g/mol. The van der Waals surface area contributed by atoms with E-state index in [1.165, 1.54) is 44.9 Å². The standard InChI is InChI=1S/C23H37NO2/c1-14(25)19-7-8-20-18-6-5-16-13-17(24-15(2)26)9-11-22(16,3)21(18)10-12-23(19,20)4/h16-21H,5-13H2,1-4H3,(H,24,26)/t16-,17-,18-,19+,20-,21-,22-,23+/m0/s1. The third-order valence-electron chi connectivity index (χ3n) is 9.56. The number of carbonyl (C=O) groups is 2. The van der Waals surface area contributed by atoms with E-state index < -0.39 is 0 Å². The smallest absolute Gasteiger partial charge is 0.217 e. The number of nitrogens with one attached hydrogen (secondary N) is 1. The van der Waals surface area contributed by atoms with Crippen molar-refractivity contribution < 1.29 is 9.59 Å². The molecule has 0 radical (unpaired) electrons.